The van der Waals surface area contributed by atoms with Crippen LogP contribution < -0.4 is 15.5 Å². The number of halogens is 1. The second kappa shape index (κ2) is 8.74. The fraction of sp³-hybridized carbons (Fsp3) is 0.476. The van der Waals surface area contributed by atoms with Crippen LogP contribution in [0.2, 0.25) is 0 Å². The summed E-state index contributed by atoms with van der Waals surface area (Å²) < 4.78 is 13.5. The van der Waals surface area contributed by atoms with Crippen LogP contribution in [0.15, 0.2) is 46.8 Å². The van der Waals surface area contributed by atoms with E-state index in [2.05, 4.69) is 51.9 Å². The first-order chi connectivity index (χ1) is 13.0. The minimum atomic E-state index is -0.194. The summed E-state index contributed by atoms with van der Waals surface area (Å²) >= 11 is 1.80. The van der Waals surface area contributed by atoms with Crippen LogP contribution in [0.4, 0.5) is 9.39 Å². The molecule has 2 heterocycles. The molecule has 1 aliphatic rings. The van der Waals surface area contributed by atoms with Crippen LogP contribution in [0.3, 0.4) is 0 Å². The second-order valence-electron chi connectivity index (χ2n) is 7.68. The molecular formula is C21H29FN4S. The van der Waals surface area contributed by atoms with Crippen molar-refractivity contribution in [1.29, 1.82) is 0 Å². The Morgan fingerprint density at radius 3 is 2.67 bits per heavy atom. The van der Waals surface area contributed by atoms with Gasteiger partial charge in [-0.05, 0) is 48.1 Å². The van der Waals surface area contributed by atoms with Crippen molar-refractivity contribution in [3.63, 3.8) is 0 Å². The fourth-order valence-corrected chi connectivity index (χ4v) is 4.18. The van der Waals surface area contributed by atoms with Gasteiger partial charge in [-0.15, -0.1) is 11.3 Å². The van der Waals surface area contributed by atoms with Crippen molar-refractivity contribution in [2.24, 2.45) is 4.99 Å². The highest BCUT2D eigenvalue weighted by atomic mass is 32.1. The topological polar surface area (TPSA) is 39.7 Å². The largest absolute Gasteiger partial charge is 0.363 e. The molecule has 0 saturated carbocycles. The molecule has 1 fully saturated rings. The Hall–Kier alpha value is -2.08. The Labute approximate surface area is 165 Å². The monoisotopic (exact) mass is 388 g/mol. The van der Waals surface area contributed by atoms with E-state index in [0.29, 0.717) is 12.6 Å². The Balaban J connectivity index is 1.50. The van der Waals surface area contributed by atoms with Gasteiger partial charge in [0.25, 0.3) is 0 Å². The van der Waals surface area contributed by atoms with Crippen LogP contribution in [0.1, 0.15) is 32.3 Å². The Kier molecular flexibility index (Phi) is 6.37. The van der Waals surface area contributed by atoms with E-state index in [1.165, 1.54) is 11.1 Å². The van der Waals surface area contributed by atoms with Gasteiger partial charge in [0.05, 0.1) is 5.00 Å². The molecule has 1 saturated heterocycles. The third-order valence-corrected chi connectivity index (χ3v) is 6.11. The molecule has 0 radical (unpaired) electrons. The van der Waals surface area contributed by atoms with Crippen LogP contribution in [0.25, 0.3) is 0 Å². The number of benzene rings is 1. The molecule has 0 amide bonds. The minimum Gasteiger partial charge on any atom is -0.363 e. The third-order valence-electron chi connectivity index (χ3n) is 5.18. The summed E-state index contributed by atoms with van der Waals surface area (Å²) in [7, 11) is 1.80. The lowest BCUT2D eigenvalue weighted by Crippen LogP contribution is -2.50. The van der Waals surface area contributed by atoms with Gasteiger partial charge in [0.1, 0.15) is 5.82 Å². The van der Waals surface area contributed by atoms with Crippen LogP contribution in [0.5, 0.6) is 0 Å². The highest BCUT2D eigenvalue weighted by Gasteiger charge is 2.23. The molecule has 6 heteroatoms. The van der Waals surface area contributed by atoms with Crippen molar-refractivity contribution in [2.75, 3.05) is 31.6 Å². The van der Waals surface area contributed by atoms with Gasteiger partial charge in [-0.1, -0.05) is 26.0 Å². The van der Waals surface area contributed by atoms with Gasteiger partial charge in [-0.3, -0.25) is 4.99 Å². The minimum absolute atomic E-state index is 0.192. The summed E-state index contributed by atoms with van der Waals surface area (Å²) in [5.74, 6) is 0.620. The zero-order valence-corrected chi connectivity index (χ0v) is 17.2. The zero-order valence-electron chi connectivity index (χ0n) is 16.3. The number of nitrogens with zero attached hydrogens (tertiary/aromatic N) is 2. The summed E-state index contributed by atoms with van der Waals surface area (Å²) in [6.45, 7) is 7.03. The van der Waals surface area contributed by atoms with Crippen molar-refractivity contribution < 1.29 is 4.39 Å². The van der Waals surface area contributed by atoms with Crippen molar-refractivity contribution in [1.82, 2.24) is 10.6 Å². The summed E-state index contributed by atoms with van der Waals surface area (Å²) in [5.41, 5.74) is 0.789. The molecule has 4 nitrogen and oxygen atoms in total. The predicted octanol–water partition coefficient (Wildman–Crippen LogP) is 4.00. The molecule has 2 aromatic rings. The number of nitrogens with one attached hydrogen (secondary N) is 2. The van der Waals surface area contributed by atoms with Gasteiger partial charge in [0.2, 0.25) is 0 Å². The summed E-state index contributed by atoms with van der Waals surface area (Å²) in [5, 5.41) is 10.5. The molecule has 3 rings (SSSR count). The lowest BCUT2D eigenvalue weighted by Gasteiger charge is -2.34. The first kappa shape index (κ1) is 19.7. The van der Waals surface area contributed by atoms with Crippen molar-refractivity contribution >= 4 is 22.3 Å². The Morgan fingerprint density at radius 1 is 1.26 bits per heavy atom. The molecule has 1 aromatic carbocycles. The first-order valence-corrected chi connectivity index (χ1v) is 10.4. The number of anilines is 1. The molecule has 0 bridgehead atoms. The van der Waals surface area contributed by atoms with Gasteiger partial charge in [0, 0.05) is 38.1 Å². The maximum atomic E-state index is 13.5. The Morgan fingerprint density at radius 2 is 2.04 bits per heavy atom. The van der Waals surface area contributed by atoms with E-state index in [1.807, 2.05) is 6.07 Å². The fourth-order valence-electron chi connectivity index (χ4n) is 3.40. The summed E-state index contributed by atoms with van der Waals surface area (Å²) in [4.78, 5) is 6.82. The van der Waals surface area contributed by atoms with Crippen molar-refractivity contribution in [3.8, 4) is 0 Å². The number of aliphatic imine (C=N–C) groups is 1. The highest BCUT2D eigenvalue weighted by Crippen LogP contribution is 2.25. The molecule has 1 aliphatic heterocycles. The van der Waals surface area contributed by atoms with Crippen LogP contribution in [-0.2, 0) is 5.41 Å². The maximum Gasteiger partial charge on any atom is 0.191 e. The Bertz CT molecular complexity index is 749. The maximum absolute atomic E-state index is 13.5. The normalized spacial score (nSPS) is 16.4. The predicted molar refractivity (Wildman–Crippen MR) is 113 cm³/mol. The van der Waals surface area contributed by atoms with Crippen molar-refractivity contribution in [3.05, 3.63) is 53.2 Å². The number of rotatable bonds is 5. The lowest BCUT2D eigenvalue weighted by atomic mass is 9.84. The van der Waals surface area contributed by atoms with Crippen LogP contribution in [0, 0.1) is 5.82 Å². The number of guanidine groups is 1. The second-order valence-corrected chi connectivity index (χ2v) is 8.60. The quantitative estimate of drug-likeness (QED) is 0.601. The third kappa shape index (κ3) is 5.22. The molecular weight excluding hydrogens is 359 g/mol. The standard InChI is InChI=1S/C21H29FN4S/c1-21(2,16-6-4-7-17(22)14-16)15-24-20(23-3)25-18-9-11-26(12-10-18)19-8-5-13-27-19/h4-8,13-14,18H,9-12,15H2,1-3H3,(H2,23,24,25). The molecule has 2 N–H and O–H groups in total. The molecule has 1 aromatic heterocycles. The summed E-state index contributed by atoms with van der Waals surface area (Å²) in [6.07, 6.45) is 2.18. The average Bonchev–Trinajstić information content (AvgIpc) is 3.20. The van der Waals surface area contributed by atoms with Crippen LogP contribution >= 0.6 is 11.3 Å². The van der Waals surface area contributed by atoms with E-state index in [0.717, 1.165) is 37.5 Å². The van der Waals surface area contributed by atoms with E-state index in [-0.39, 0.29) is 11.2 Å². The number of hydrogen-bond donors (Lipinski definition) is 2. The zero-order chi connectivity index (χ0) is 19.3. The number of piperidine rings is 1. The number of hydrogen-bond acceptors (Lipinski definition) is 3. The smallest absolute Gasteiger partial charge is 0.191 e. The molecule has 0 spiro atoms. The van der Waals surface area contributed by atoms with Gasteiger partial charge < -0.3 is 15.5 Å². The van der Waals surface area contributed by atoms with E-state index in [4.69, 9.17) is 0 Å². The highest BCUT2D eigenvalue weighted by molar-refractivity contribution is 7.14. The van der Waals surface area contributed by atoms with Gasteiger partial charge in [0.15, 0.2) is 5.96 Å². The van der Waals surface area contributed by atoms with Crippen molar-refractivity contribution in [2.45, 2.75) is 38.1 Å². The van der Waals surface area contributed by atoms with E-state index in [9.17, 15) is 4.39 Å². The van der Waals surface area contributed by atoms with Gasteiger partial charge in [-0.25, -0.2) is 4.39 Å². The van der Waals surface area contributed by atoms with E-state index in [1.54, 1.807) is 30.5 Å². The van der Waals surface area contributed by atoms with E-state index >= 15 is 0 Å². The van der Waals surface area contributed by atoms with Gasteiger partial charge in [-0.2, -0.15) is 0 Å². The average molecular weight is 389 g/mol. The molecule has 0 unspecified atom stereocenters. The van der Waals surface area contributed by atoms with Crippen LogP contribution in [-0.4, -0.2) is 38.7 Å². The summed E-state index contributed by atoms with van der Waals surface area (Å²) in [6, 6.07) is 11.5. The molecule has 0 atom stereocenters. The molecule has 0 aliphatic carbocycles. The lowest BCUT2D eigenvalue weighted by molar-refractivity contribution is 0.454. The first-order valence-electron chi connectivity index (χ1n) is 9.49. The number of thiophene rings is 1. The van der Waals surface area contributed by atoms with Gasteiger partial charge >= 0.3 is 0 Å². The molecule has 27 heavy (non-hydrogen) atoms. The molecule has 146 valence electrons. The SMILES string of the molecule is CN=C(NCC(C)(C)c1cccc(F)c1)NC1CCN(c2cccs2)CC1. The van der Waals surface area contributed by atoms with E-state index < -0.39 is 0 Å².